The van der Waals surface area contributed by atoms with Gasteiger partial charge in [0.1, 0.15) is 11.0 Å². The third-order valence-corrected chi connectivity index (χ3v) is 9.01. The van der Waals surface area contributed by atoms with Crippen molar-refractivity contribution in [1.29, 1.82) is 0 Å². The number of aryl methyl sites for hydroxylation is 2. The summed E-state index contributed by atoms with van der Waals surface area (Å²) in [5.74, 6) is 0.602. The normalized spacial score (nSPS) is 18.5. The lowest BCUT2D eigenvalue weighted by atomic mass is 9.93. The van der Waals surface area contributed by atoms with Crippen LogP contribution in [0.4, 0.5) is 11.4 Å². The van der Waals surface area contributed by atoms with Crippen molar-refractivity contribution < 1.29 is 0 Å². The average Bonchev–Trinajstić information content (AvgIpc) is 3.62. The Kier molecular flexibility index (Phi) is 7.07. The zero-order chi connectivity index (χ0) is 25.4. The predicted molar refractivity (Wildman–Crippen MR) is 158 cm³/mol. The van der Waals surface area contributed by atoms with E-state index in [9.17, 15) is 0 Å². The minimum atomic E-state index is 0.566. The molecule has 2 unspecified atom stereocenters. The molecule has 1 aliphatic carbocycles. The second-order valence-corrected chi connectivity index (χ2v) is 11.8. The molecule has 0 spiro atoms. The van der Waals surface area contributed by atoms with Crippen LogP contribution < -0.4 is 4.90 Å². The highest BCUT2D eigenvalue weighted by Gasteiger charge is 2.42. The Balaban J connectivity index is 1.31. The molecule has 37 heavy (non-hydrogen) atoms. The zero-order valence-electron chi connectivity index (χ0n) is 22.1. The standard InChI is InChI=1S/C32H37BrN4/c1-3-4-5-6-7-8-20-36-34-31-25(17-18-28(33)32(31)35-36)23-14-19-30-27(21-23)26-10-9-11-29(26)37(30)24-15-12-22(2)13-16-24/h12-19,21,26,29H,3-11,20H2,1-2H3. The van der Waals surface area contributed by atoms with Gasteiger partial charge in [0.05, 0.1) is 6.54 Å². The molecule has 0 amide bonds. The van der Waals surface area contributed by atoms with Gasteiger partial charge in [-0.15, -0.1) is 0 Å². The van der Waals surface area contributed by atoms with Gasteiger partial charge in [0.15, 0.2) is 0 Å². The molecule has 192 valence electrons. The molecule has 0 bridgehead atoms. The third kappa shape index (κ3) is 4.71. The number of nitrogens with zero attached hydrogens (tertiary/aromatic N) is 4. The van der Waals surface area contributed by atoms with Crippen molar-refractivity contribution in [1.82, 2.24) is 15.0 Å². The van der Waals surface area contributed by atoms with Crippen molar-refractivity contribution in [2.45, 2.75) is 90.1 Å². The lowest BCUT2D eigenvalue weighted by Crippen LogP contribution is -2.26. The number of hydrogen-bond acceptors (Lipinski definition) is 3. The van der Waals surface area contributed by atoms with Crippen LogP contribution in [0, 0.1) is 6.92 Å². The van der Waals surface area contributed by atoms with Gasteiger partial charge in [-0.05, 0) is 83.6 Å². The van der Waals surface area contributed by atoms with E-state index in [2.05, 4.69) is 89.3 Å². The second kappa shape index (κ2) is 10.6. The maximum absolute atomic E-state index is 4.98. The minimum absolute atomic E-state index is 0.566. The quantitative estimate of drug-likeness (QED) is 0.192. The lowest BCUT2D eigenvalue weighted by Gasteiger charge is -2.27. The summed E-state index contributed by atoms with van der Waals surface area (Å²) in [5, 5.41) is 9.85. The molecule has 4 nitrogen and oxygen atoms in total. The van der Waals surface area contributed by atoms with Gasteiger partial charge >= 0.3 is 0 Å². The van der Waals surface area contributed by atoms with Crippen LogP contribution in [0.2, 0.25) is 0 Å². The van der Waals surface area contributed by atoms with Gasteiger partial charge in [-0.25, -0.2) is 0 Å². The largest absolute Gasteiger partial charge is 0.338 e. The molecule has 0 N–H and O–H groups in total. The van der Waals surface area contributed by atoms with Crippen molar-refractivity contribution in [2.75, 3.05) is 4.90 Å². The summed E-state index contributed by atoms with van der Waals surface area (Å²) in [4.78, 5) is 4.52. The fourth-order valence-electron chi connectivity index (χ4n) is 6.44. The van der Waals surface area contributed by atoms with Crippen LogP contribution in [0.3, 0.4) is 0 Å². The first-order valence-corrected chi connectivity index (χ1v) is 15.0. The first-order valence-electron chi connectivity index (χ1n) is 14.2. The minimum Gasteiger partial charge on any atom is -0.338 e. The maximum Gasteiger partial charge on any atom is 0.128 e. The van der Waals surface area contributed by atoms with Crippen LogP contribution in [-0.2, 0) is 6.54 Å². The molecule has 0 saturated heterocycles. The summed E-state index contributed by atoms with van der Waals surface area (Å²) in [5.41, 5.74) is 9.89. The average molecular weight is 558 g/mol. The molecule has 0 radical (unpaired) electrons. The van der Waals surface area contributed by atoms with Crippen LogP contribution in [-0.4, -0.2) is 21.0 Å². The molecule has 1 fully saturated rings. The molecule has 3 aromatic carbocycles. The van der Waals surface area contributed by atoms with Crippen molar-refractivity contribution >= 4 is 38.3 Å². The lowest BCUT2D eigenvalue weighted by molar-refractivity contribution is 0.488. The number of anilines is 2. The number of fused-ring (bicyclic) bond motifs is 4. The molecule has 5 heteroatoms. The van der Waals surface area contributed by atoms with Crippen LogP contribution in [0.15, 0.2) is 59.1 Å². The molecule has 4 aromatic rings. The number of benzene rings is 3. The van der Waals surface area contributed by atoms with Gasteiger partial charge in [0, 0.05) is 33.4 Å². The Labute approximate surface area is 229 Å². The van der Waals surface area contributed by atoms with Crippen LogP contribution in [0.25, 0.3) is 22.2 Å². The smallest absolute Gasteiger partial charge is 0.128 e. The topological polar surface area (TPSA) is 34.0 Å². The van der Waals surface area contributed by atoms with Crippen molar-refractivity contribution in [3.8, 4) is 11.1 Å². The number of rotatable bonds is 9. The summed E-state index contributed by atoms with van der Waals surface area (Å²) >= 11 is 3.73. The van der Waals surface area contributed by atoms with E-state index in [-0.39, 0.29) is 0 Å². The first kappa shape index (κ1) is 24.7. The van der Waals surface area contributed by atoms with Gasteiger partial charge in [-0.1, -0.05) is 75.3 Å². The Bertz CT molecular complexity index is 1390. The number of halogens is 1. The van der Waals surface area contributed by atoms with E-state index in [4.69, 9.17) is 10.2 Å². The highest BCUT2D eigenvalue weighted by molar-refractivity contribution is 9.10. The molecular formula is C32H37BrN4. The Morgan fingerprint density at radius 3 is 2.49 bits per heavy atom. The molecule has 1 saturated carbocycles. The summed E-state index contributed by atoms with van der Waals surface area (Å²) < 4.78 is 1.02. The van der Waals surface area contributed by atoms with Crippen molar-refractivity contribution in [3.63, 3.8) is 0 Å². The molecule has 2 atom stereocenters. The van der Waals surface area contributed by atoms with Crippen LogP contribution in [0.5, 0.6) is 0 Å². The molecule has 1 aromatic heterocycles. The number of hydrogen-bond donors (Lipinski definition) is 0. The van der Waals surface area contributed by atoms with Gasteiger partial charge in [0.2, 0.25) is 0 Å². The Morgan fingerprint density at radius 2 is 1.65 bits per heavy atom. The summed E-state index contributed by atoms with van der Waals surface area (Å²) in [6.45, 7) is 5.31. The Morgan fingerprint density at radius 1 is 0.865 bits per heavy atom. The second-order valence-electron chi connectivity index (χ2n) is 10.9. The van der Waals surface area contributed by atoms with E-state index in [0.717, 1.165) is 28.5 Å². The molecule has 6 rings (SSSR count). The molecule has 2 heterocycles. The maximum atomic E-state index is 4.98. The van der Waals surface area contributed by atoms with E-state index in [0.29, 0.717) is 12.0 Å². The van der Waals surface area contributed by atoms with E-state index >= 15 is 0 Å². The van der Waals surface area contributed by atoms with Gasteiger partial charge < -0.3 is 4.90 Å². The first-order chi connectivity index (χ1) is 18.1. The van der Waals surface area contributed by atoms with E-state index in [1.807, 2.05) is 4.80 Å². The molecule has 2 aliphatic rings. The van der Waals surface area contributed by atoms with Gasteiger partial charge in [-0.2, -0.15) is 15.0 Å². The highest BCUT2D eigenvalue weighted by Crippen LogP contribution is 2.53. The molecule has 1 aliphatic heterocycles. The van der Waals surface area contributed by atoms with Crippen molar-refractivity contribution in [3.05, 3.63) is 70.2 Å². The fourth-order valence-corrected chi connectivity index (χ4v) is 6.84. The SMILES string of the molecule is CCCCCCCCn1nc2c(Br)ccc(-c3ccc4c(c3)C3CCCC3N4c3ccc(C)cc3)c2n1. The van der Waals surface area contributed by atoms with Crippen molar-refractivity contribution in [2.24, 2.45) is 0 Å². The van der Waals surface area contributed by atoms with E-state index in [1.54, 1.807) is 0 Å². The highest BCUT2D eigenvalue weighted by atomic mass is 79.9. The number of unbranched alkanes of at least 4 members (excludes halogenated alkanes) is 5. The third-order valence-electron chi connectivity index (χ3n) is 8.37. The number of aromatic nitrogens is 3. The fraction of sp³-hybridized carbons (Fsp3) is 0.438. The molecular weight excluding hydrogens is 520 g/mol. The zero-order valence-corrected chi connectivity index (χ0v) is 23.7. The summed E-state index contributed by atoms with van der Waals surface area (Å²) in [6, 6.07) is 21.0. The van der Waals surface area contributed by atoms with E-state index in [1.165, 1.54) is 85.0 Å². The predicted octanol–water partition coefficient (Wildman–Crippen LogP) is 9.32. The van der Waals surface area contributed by atoms with E-state index < -0.39 is 0 Å². The monoisotopic (exact) mass is 556 g/mol. The van der Waals surface area contributed by atoms with Gasteiger partial charge in [-0.3, -0.25) is 0 Å². The summed E-state index contributed by atoms with van der Waals surface area (Å²) in [6.07, 6.45) is 11.5. The Hall–Kier alpha value is -2.66. The van der Waals surface area contributed by atoms with Gasteiger partial charge in [0.25, 0.3) is 0 Å². The van der Waals surface area contributed by atoms with Crippen LogP contribution in [0.1, 0.15) is 81.8 Å². The van der Waals surface area contributed by atoms with Crippen LogP contribution >= 0.6 is 15.9 Å². The summed E-state index contributed by atoms with van der Waals surface area (Å²) in [7, 11) is 0.